The molecule has 0 aliphatic heterocycles. The van der Waals surface area contributed by atoms with Crippen LogP contribution in [-0.2, 0) is 0 Å². The van der Waals surface area contributed by atoms with Crippen LogP contribution < -0.4 is 10.6 Å². The van der Waals surface area contributed by atoms with Gasteiger partial charge in [-0.25, -0.2) is 4.79 Å². The first kappa shape index (κ1) is 11.1. The van der Waals surface area contributed by atoms with Crippen molar-refractivity contribution in [2.75, 3.05) is 5.32 Å². The number of hydrogen-bond acceptors (Lipinski definition) is 4. The fourth-order valence-electron chi connectivity index (χ4n) is 1.32. The monoisotopic (exact) mass is 232 g/mol. The molecule has 0 bridgehead atoms. The van der Waals surface area contributed by atoms with E-state index in [1.807, 2.05) is 6.92 Å². The zero-order valence-corrected chi connectivity index (χ0v) is 9.25. The number of pyridine rings is 1. The standard InChI is InChI=1S/C11H12N4O2/c1-8(10-4-6-17-15-10)13-11(16)14-9-3-2-5-12-7-9/h2-8H,1H3,(H2,13,14,16)/t8-/m0/s1. The maximum atomic E-state index is 11.6. The SMILES string of the molecule is C[C@H](NC(=O)Nc1cccnc1)c1ccon1. The summed E-state index contributed by atoms with van der Waals surface area (Å²) in [5.41, 5.74) is 1.31. The lowest BCUT2D eigenvalue weighted by Crippen LogP contribution is -2.31. The maximum Gasteiger partial charge on any atom is 0.319 e. The van der Waals surface area contributed by atoms with Gasteiger partial charge in [-0.3, -0.25) is 4.98 Å². The van der Waals surface area contributed by atoms with Crippen molar-refractivity contribution in [3.63, 3.8) is 0 Å². The molecular weight excluding hydrogens is 220 g/mol. The highest BCUT2D eigenvalue weighted by molar-refractivity contribution is 5.89. The molecule has 0 unspecified atom stereocenters. The zero-order valence-electron chi connectivity index (χ0n) is 9.25. The first-order valence-electron chi connectivity index (χ1n) is 5.13. The first-order valence-corrected chi connectivity index (χ1v) is 5.13. The molecule has 6 heteroatoms. The summed E-state index contributed by atoms with van der Waals surface area (Å²) < 4.78 is 4.70. The lowest BCUT2D eigenvalue weighted by molar-refractivity contribution is 0.249. The number of anilines is 1. The largest absolute Gasteiger partial charge is 0.364 e. The van der Waals surface area contributed by atoms with Gasteiger partial charge in [0.1, 0.15) is 12.0 Å². The lowest BCUT2D eigenvalue weighted by atomic mass is 10.2. The van der Waals surface area contributed by atoms with Crippen LogP contribution in [0, 0.1) is 0 Å². The molecule has 0 saturated carbocycles. The Hall–Kier alpha value is -2.37. The summed E-state index contributed by atoms with van der Waals surface area (Å²) in [4.78, 5) is 15.5. The molecule has 6 nitrogen and oxygen atoms in total. The third-order valence-electron chi connectivity index (χ3n) is 2.17. The molecule has 0 aromatic carbocycles. The summed E-state index contributed by atoms with van der Waals surface area (Å²) in [6.07, 6.45) is 4.67. The Bertz CT molecular complexity index is 469. The Morgan fingerprint density at radius 3 is 3.00 bits per heavy atom. The quantitative estimate of drug-likeness (QED) is 0.847. The highest BCUT2D eigenvalue weighted by atomic mass is 16.5. The van der Waals surface area contributed by atoms with Gasteiger partial charge in [0.2, 0.25) is 0 Å². The van der Waals surface area contributed by atoms with Crippen molar-refractivity contribution in [1.29, 1.82) is 0 Å². The topological polar surface area (TPSA) is 80.0 Å². The predicted molar refractivity (Wildman–Crippen MR) is 61.3 cm³/mol. The molecule has 0 aliphatic rings. The normalized spacial score (nSPS) is 11.8. The van der Waals surface area contributed by atoms with Gasteiger partial charge < -0.3 is 15.2 Å². The summed E-state index contributed by atoms with van der Waals surface area (Å²) in [5.74, 6) is 0. The summed E-state index contributed by atoms with van der Waals surface area (Å²) in [7, 11) is 0. The van der Waals surface area contributed by atoms with Crippen LogP contribution in [0.25, 0.3) is 0 Å². The van der Waals surface area contributed by atoms with Gasteiger partial charge >= 0.3 is 6.03 Å². The summed E-state index contributed by atoms with van der Waals surface area (Å²) in [6.45, 7) is 1.82. The molecule has 2 aromatic heterocycles. The van der Waals surface area contributed by atoms with Gasteiger partial charge in [-0.15, -0.1) is 0 Å². The highest BCUT2D eigenvalue weighted by Crippen LogP contribution is 2.09. The minimum atomic E-state index is -0.312. The van der Waals surface area contributed by atoms with E-state index in [1.165, 1.54) is 6.26 Å². The number of rotatable bonds is 3. The second-order valence-corrected chi connectivity index (χ2v) is 3.49. The Balaban J connectivity index is 1.90. The third-order valence-corrected chi connectivity index (χ3v) is 2.17. The zero-order chi connectivity index (χ0) is 12.1. The van der Waals surface area contributed by atoms with E-state index in [9.17, 15) is 4.79 Å². The molecule has 0 radical (unpaired) electrons. The number of carbonyl (C=O) groups is 1. The molecule has 2 N–H and O–H groups in total. The number of nitrogens with one attached hydrogen (secondary N) is 2. The van der Waals surface area contributed by atoms with E-state index in [4.69, 9.17) is 4.52 Å². The van der Waals surface area contributed by atoms with Crippen LogP contribution in [0.2, 0.25) is 0 Å². The lowest BCUT2D eigenvalue weighted by Gasteiger charge is -2.11. The molecule has 1 atom stereocenters. The van der Waals surface area contributed by atoms with E-state index in [1.54, 1.807) is 30.6 Å². The molecule has 2 amide bonds. The number of aromatic nitrogens is 2. The van der Waals surface area contributed by atoms with E-state index in [0.29, 0.717) is 11.4 Å². The molecule has 0 saturated heterocycles. The van der Waals surface area contributed by atoms with Gasteiger partial charge in [-0.1, -0.05) is 5.16 Å². The first-order chi connectivity index (χ1) is 8.25. The van der Waals surface area contributed by atoms with Crippen LogP contribution in [0.15, 0.2) is 41.4 Å². The van der Waals surface area contributed by atoms with Crippen LogP contribution in [0.3, 0.4) is 0 Å². The van der Waals surface area contributed by atoms with Crippen LogP contribution in [-0.4, -0.2) is 16.2 Å². The second-order valence-electron chi connectivity index (χ2n) is 3.49. The molecule has 0 spiro atoms. The average molecular weight is 232 g/mol. The maximum absolute atomic E-state index is 11.6. The van der Waals surface area contributed by atoms with Crippen molar-refractivity contribution in [2.45, 2.75) is 13.0 Å². The number of nitrogens with zero attached hydrogens (tertiary/aromatic N) is 2. The van der Waals surface area contributed by atoms with Gasteiger partial charge in [0.05, 0.1) is 17.9 Å². The van der Waals surface area contributed by atoms with E-state index in [0.717, 1.165) is 0 Å². The second kappa shape index (κ2) is 5.11. The van der Waals surface area contributed by atoms with Crippen molar-refractivity contribution >= 4 is 11.7 Å². The van der Waals surface area contributed by atoms with Crippen LogP contribution in [0.1, 0.15) is 18.7 Å². The molecule has 0 aliphatic carbocycles. The summed E-state index contributed by atoms with van der Waals surface area (Å²) >= 11 is 0. The van der Waals surface area contributed by atoms with Crippen molar-refractivity contribution in [1.82, 2.24) is 15.5 Å². The van der Waals surface area contributed by atoms with Crippen molar-refractivity contribution < 1.29 is 9.32 Å². The van der Waals surface area contributed by atoms with Gasteiger partial charge in [-0.05, 0) is 19.1 Å². The van der Waals surface area contributed by atoms with E-state index < -0.39 is 0 Å². The number of carbonyl (C=O) groups excluding carboxylic acids is 1. The van der Waals surface area contributed by atoms with E-state index in [2.05, 4.69) is 20.8 Å². The molecular formula is C11H12N4O2. The fraction of sp³-hybridized carbons (Fsp3) is 0.182. The predicted octanol–water partition coefficient (Wildman–Crippen LogP) is 1.95. The third kappa shape index (κ3) is 3.04. The Morgan fingerprint density at radius 1 is 1.47 bits per heavy atom. The number of urea groups is 1. The average Bonchev–Trinajstić information content (AvgIpc) is 2.83. The fourth-order valence-corrected chi connectivity index (χ4v) is 1.32. The van der Waals surface area contributed by atoms with Gasteiger partial charge in [0.15, 0.2) is 0 Å². The smallest absolute Gasteiger partial charge is 0.319 e. The molecule has 2 heterocycles. The van der Waals surface area contributed by atoms with E-state index in [-0.39, 0.29) is 12.1 Å². The minimum absolute atomic E-state index is 0.217. The Morgan fingerprint density at radius 2 is 2.35 bits per heavy atom. The van der Waals surface area contributed by atoms with Crippen molar-refractivity contribution in [3.05, 3.63) is 42.5 Å². The number of amides is 2. The van der Waals surface area contributed by atoms with Crippen LogP contribution in [0.4, 0.5) is 10.5 Å². The van der Waals surface area contributed by atoms with Gasteiger partial charge in [0, 0.05) is 12.3 Å². The highest BCUT2D eigenvalue weighted by Gasteiger charge is 2.11. The Kier molecular flexibility index (Phi) is 3.34. The minimum Gasteiger partial charge on any atom is -0.364 e. The number of hydrogen-bond donors (Lipinski definition) is 2. The molecule has 2 aromatic rings. The van der Waals surface area contributed by atoms with Crippen LogP contribution in [0.5, 0.6) is 0 Å². The molecule has 88 valence electrons. The molecule has 17 heavy (non-hydrogen) atoms. The Labute approximate surface area is 98.0 Å². The van der Waals surface area contributed by atoms with Crippen molar-refractivity contribution in [2.24, 2.45) is 0 Å². The van der Waals surface area contributed by atoms with Gasteiger partial charge in [-0.2, -0.15) is 0 Å². The van der Waals surface area contributed by atoms with Gasteiger partial charge in [0.25, 0.3) is 0 Å². The van der Waals surface area contributed by atoms with Crippen LogP contribution >= 0.6 is 0 Å². The molecule has 0 fully saturated rings. The molecule has 2 rings (SSSR count). The summed E-state index contributed by atoms with van der Waals surface area (Å²) in [6, 6.07) is 4.68. The van der Waals surface area contributed by atoms with E-state index >= 15 is 0 Å². The van der Waals surface area contributed by atoms with Crippen molar-refractivity contribution in [3.8, 4) is 0 Å². The summed E-state index contributed by atoms with van der Waals surface area (Å²) in [5, 5.41) is 9.14.